The molecule has 0 heterocycles. The Morgan fingerprint density at radius 1 is 1.14 bits per heavy atom. The van der Waals surface area contributed by atoms with E-state index in [1.54, 1.807) is 18.2 Å². The van der Waals surface area contributed by atoms with Crippen LogP contribution in [0.4, 0.5) is 8.78 Å². The molecule has 0 aliphatic rings. The molecule has 0 aromatic heterocycles. The fraction of sp³-hybridized carbons (Fsp3) is 0.200. The van der Waals surface area contributed by atoms with Crippen molar-refractivity contribution < 1.29 is 18.3 Å². The molecule has 0 fully saturated rings. The van der Waals surface area contributed by atoms with Crippen LogP contribution >= 0.6 is 27.5 Å². The maximum absolute atomic E-state index is 13.9. The van der Waals surface area contributed by atoms with Gasteiger partial charge in [-0.1, -0.05) is 6.07 Å². The summed E-state index contributed by atoms with van der Waals surface area (Å²) >= 11 is 8.76. The monoisotopic (exact) mass is 376 g/mol. The number of hydrogen-bond donors (Lipinski definition) is 0. The highest BCUT2D eigenvalue weighted by Crippen LogP contribution is 2.30. The summed E-state index contributed by atoms with van der Waals surface area (Å²) in [7, 11) is 1.49. The van der Waals surface area contributed by atoms with Gasteiger partial charge in [-0.05, 0) is 45.8 Å². The molecule has 6 heteroatoms. The van der Waals surface area contributed by atoms with Crippen LogP contribution in [0.25, 0.3) is 0 Å². The van der Waals surface area contributed by atoms with Gasteiger partial charge in [-0.3, -0.25) is 0 Å². The average Bonchev–Trinajstić information content (AvgIpc) is 2.51. The van der Waals surface area contributed by atoms with Crippen molar-refractivity contribution in [2.45, 2.75) is 12.5 Å². The summed E-state index contributed by atoms with van der Waals surface area (Å²) in [6.07, 6.45) is 0. The number of methoxy groups -OCH3 is 1. The minimum atomic E-state index is -0.675. The molecule has 0 unspecified atom stereocenters. The number of alkyl halides is 1. The van der Waals surface area contributed by atoms with Crippen LogP contribution in [0.3, 0.4) is 0 Å². The van der Waals surface area contributed by atoms with Gasteiger partial charge in [0.15, 0.2) is 11.5 Å². The Morgan fingerprint density at radius 2 is 1.90 bits per heavy atom. The second-order valence-corrected chi connectivity index (χ2v) is 5.35. The number of hydrogen-bond acceptors (Lipinski definition) is 2. The third-order valence-corrected chi connectivity index (χ3v) is 3.81. The Kier molecular flexibility index (Phi) is 5.42. The van der Waals surface area contributed by atoms with E-state index in [0.717, 1.165) is 5.56 Å². The van der Waals surface area contributed by atoms with Crippen molar-refractivity contribution in [1.29, 1.82) is 0 Å². The molecule has 0 saturated carbocycles. The molecule has 0 bridgehead atoms. The SMILES string of the molecule is COc1cc(CCl)ccc1OCc1c(F)ccc(Br)c1F. The minimum Gasteiger partial charge on any atom is -0.493 e. The van der Waals surface area contributed by atoms with Crippen LogP contribution in [0, 0.1) is 11.6 Å². The normalized spacial score (nSPS) is 10.5. The zero-order valence-corrected chi connectivity index (χ0v) is 13.5. The van der Waals surface area contributed by atoms with E-state index < -0.39 is 11.6 Å². The molecular formula is C15H12BrClF2O2. The summed E-state index contributed by atoms with van der Waals surface area (Å²) in [6.45, 7) is -0.242. The van der Waals surface area contributed by atoms with Crippen molar-refractivity contribution in [3.8, 4) is 11.5 Å². The van der Waals surface area contributed by atoms with E-state index in [1.807, 2.05) is 0 Å². The molecule has 2 aromatic rings. The number of halogens is 4. The Bertz CT molecular complexity index is 650. The molecule has 2 rings (SSSR count). The third kappa shape index (κ3) is 3.66. The van der Waals surface area contributed by atoms with Crippen LogP contribution < -0.4 is 9.47 Å². The summed E-state index contributed by atoms with van der Waals surface area (Å²) in [5, 5.41) is 0. The van der Waals surface area contributed by atoms with Crippen molar-refractivity contribution >= 4 is 27.5 Å². The topological polar surface area (TPSA) is 18.5 Å². The maximum Gasteiger partial charge on any atom is 0.161 e. The quantitative estimate of drug-likeness (QED) is 0.536. The summed E-state index contributed by atoms with van der Waals surface area (Å²) in [5.74, 6) is -0.140. The zero-order valence-electron chi connectivity index (χ0n) is 11.1. The Labute approximate surface area is 134 Å². The Balaban J connectivity index is 2.22. The van der Waals surface area contributed by atoms with Gasteiger partial charge in [0.2, 0.25) is 0 Å². The van der Waals surface area contributed by atoms with Gasteiger partial charge in [0.05, 0.1) is 17.1 Å². The lowest BCUT2D eigenvalue weighted by atomic mass is 10.2. The van der Waals surface area contributed by atoms with Crippen LogP contribution in [0.5, 0.6) is 11.5 Å². The largest absolute Gasteiger partial charge is 0.493 e. The first-order valence-electron chi connectivity index (χ1n) is 6.05. The summed E-state index contributed by atoms with van der Waals surface area (Å²) in [4.78, 5) is 0. The van der Waals surface area contributed by atoms with Gasteiger partial charge in [0.1, 0.15) is 18.2 Å². The summed E-state index contributed by atoms with van der Waals surface area (Å²) in [6, 6.07) is 7.63. The average molecular weight is 378 g/mol. The molecule has 2 aromatic carbocycles. The van der Waals surface area contributed by atoms with Gasteiger partial charge in [-0.25, -0.2) is 8.78 Å². The van der Waals surface area contributed by atoms with Crippen LogP contribution in [0.1, 0.15) is 11.1 Å². The molecule has 112 valence electrons. The van der Waals surface area contributed by atoms with Gasteiger partial charge in [0, 0.05) is 5.88 Å². The lowest BCUT2D eigenvalue weighted by molar-refractivity contribution is 0.274. The lowest BCUT2D eigenvalue weighted by Crippen LogP contribution is -2.03. The Morgan fingerprint density at radius 3 is 2.57 bits per heavy atom. The first kappa shape index (κ1) is 16.0. The fourth-order valence-electron chi connectivity index (χ4n) is 1.77. The van der Waals surface area contributed by atoms with Crippen LogP contribution in [-0.2, 0) is 12.5 Å². The van der Waals surface area contributed by atoms with Crippen molar-refractivity contribution in [2.75, 3.05) is 7.11 Å². The standard InChI is InChI=1S/C15H12BrClF2O2/c1-20-14-6-9(7-17)2-5-13(14)21-8-10-12(18)4-3-11(16)15(10)19/h2-6H,7-8H2,1H3. The molecule has 0 aliphatic heterocycles. The van der Waals surface area contributed by atoms with Crippen molar-refractivity contribution in [1.82, 2.24) is 0 Å². The molecule has 0 aliphatic carbocycles. The first-order chi connectivity index (χ1) is 10.1. The molecule has 0 N–H and O–H groups in total. The summed E-state index contributed by atoms with van der Waals surface area (Å²) < 4.78 is 38.3. The molecule has 21 heavy (non-hydrogen) atoms. The second-order valence-electron chi connectivity index (χ2n) is 4.23. The molecule has 0 saturated heterocycles. The maximum atomic E-state index is 13.9. The van der Waals surface area contributed by atoms with E-state index in [0.29, 0.717) is 17.4 Å². The van der Waals surface area contributed by atoms with Gasteiger partial charge < -0.3 is 9.47 Å². The van der Waals surface area contributed by atoms with E-state index in [-0.39, 0.29) is 16.6 Å². The molecular weight excluding hydrogens is 366 g/mol. The molecule has 0 amide bonds. The molecule has 0 spiro atoms. The number of ether oxygens (including phenoxy) is 2. The second kappa shape index (κ2) is 7.09. The zero-order chi connectivity index (χ0) is 15.4. The highest BCUT2D eigenvalue weighted by Gasteiger charge is 2.14. The van der Waals surface area contributed by atoms with E-state index in [4.69, 9.17) is 21.1 Å². The molecule has 0 atom stereocenters. The highest BCUT2D eigenvalue weighted by molar-refractivity contribution is 9.10. The predicted octanol–water partition coefficient (Wildman–Crippen LogP) is 5.05. The highest BCUT2D eigenvalue weighted by atomic mass is 79.9. The van der Waals surface area contributed by atoms with Crippen LogP contribution in [0.15, 0.2) is 34.8 Å². The van der Waals surface area contributed by atoms with E-state index in [9.17, 15) is 8.78 Å². The van der Waals surface area contributed by atoms with E-state index in [1.165, 1.54) is 19.2 Å². The minimum absolute atomic E-state index is 0.146. The fourth-order valence-corrected chi connectivity index (χ4v) is 2.30. The van der Waals surface area contributed by atoms with Crippen molar-refractivity contribution in [3.63, 3.8) is 0 Å². The van der Waals surface area contributed by atoms with Crippen LogP contribution in [-0.4, -0.2) is 7.11 Å². The number of benzene rings is 2. The van der Waals surface area contributed by atoms with E-state index in [2.05, 4.69) is 15.9 Å². The molecule has 0 radical (unpaired) electrons. The summed E-state index contributed by atoms with van der Waals surface area (Å²) in [5.41, 5.74) is 0.716. The first-order valence-corrected chi connectivity index (χ1v) is 7.37. The van der Waals surface area contributed by atoms with Crippen molar-refractivity contribution in [2.24, 2.45) is 0 Å². The van der Waals surface area contributed by atoms with Gasteiger partial charge >= 0.3 is 0 Å². The van der Waals surface area contributed by atoms with Crippen LogP contribution in [0.2, 0.25) is 0 Å². The van der Waals surface area contributed by atoms with Gasteiger partial charge in [-0.2, -0.15) is 0 Å². The predicted molar refractivity (Wildman–Crippen MR) is 80.9 cm³/mol. The lowest BCUT2D eigenvalue weighted by Gasteiger charge is -2.13. The third-order valence-electron chi connectivity index (χ3n) is 2.89. The van der Waals surface area contributed by atoms with Gasteiger partial charge in [0.25, 0.3) is 0 Å². The Hall–Kier alpha value is -1.33. The molecule has 2 nitrogen and oxygen atoms in total. The van der Waals surface area contributed by atoms with Gasteiger partial charge in [-0.15, -0.1) is 11.6 Å². The number of rotatable bonds is 5. The van der Waals surface area contributed by atoms with E-state index >= 15 is 0 Å². The van der Waals surface area contributed by atoms with Crippen molar-refractivity contribution in [3.05, 3.63) is 57.6 Å². The smallest absolute Gasteiger partial charge is 0.161 e.